The lowest BCUT2D eigenvalue weighted by molar-refractivity contribution is 0.0682. The molecular formula is C17H32O. The van der Waals surface area contributed by atoms with Gasteiger partial charge in [0.2, 0.25) is 0 Å². The molecule has 2 aliphatic rings. The summed E-state index contributed by atoms with van der Waals surface area (Å²) in [5.41, 5.74) is 0. The Hall–Kier alpha value is -0.0400. The van der Waals surface area contributed by atoms with Gasteiger partial charge in [0.1, 0.15) is 0 Å². The third-order valence-electron chi connectivity index (χ3n) is 5.75. The first-order chi connectivity index (χ1) is 8.70. The molecule has 2 saturated carbocycles. The monoisotopic (exact) mass is 252 g/mol. The molecule has 1 unspecified atom stereocenters. The Balaban J connectivity index is 1.71. The molecule has 106 valence electrons. The summed E-state index contributed by atoms with van der Waals surface area (Å²) in [5, 5.41) is 9.67. The van der Waals surface area contributed by atoms with Gasteiger partial charge >= 0.3 is 0 Å². The molecule has 0 aliphatic heterocycles. The summed E-state index contributed by atoms with van der Waals surface area (Å²) in [6.45, 7) is 4.30. The molecule has 2 aliphatic carbocycles. The van der Waals surface area contributed by atoms with E-state index in [2.05, 4.69) is 6.92 Å². The maximum Gasteiger partial charge on any atom is 0.0540 e. The standard InChI is InChI=1S/C17H32O/c1-3-4-14-5-7-16(8-6-14)17-11-9-15(10-12-17)13(2)18/h13-18H,3-12H2,1-2H3. The summed E-state index contributed by atoms with van der Waals surface area (Å²) >= 11 is 0. The van der Waals surface area contributed by atoms with Crippen molar-refractivity contribution in [2.75, 3.05) is 0 Å². The van der Waals surface area contributed by atoms with Gasteiger partial charge in [0, 0.05) is 0 Å². The molecule has 0 bridgehead atoms. The normalized spacial score (nSPS) is 39.5. The van der Waals surface area contributed by atoms with E-state index in [4.69, 9.17) is 0 Å². The average Bonchev–Trinajstić information content (AvgIpc) is 2.40. The Kier molecular flexibility index (Phi) is 5.54. The van der Waals surface area contributed by atoms with Crippen molar-refractivity contribution in [1.82, 2.24) is 0 Å². The second-order valence-electron chi connectivity index (χ2n) is 6.98. The molecule has 1 atom stereocenters. The minimum Gasteiger partial charge on any atom is -0.393 e. The highest BCUT2D eigenvalue weighted by Gasteiger charge is 2.31. The zero-order valence-electron chi connectivity index (χ0n) is 12.4. The minimum absolute atomic E-state index is 0.0776. The second-order valence-corrected chi connectivity index (χ2v) is 6.98. The lowest BCUT2D eigenvalue weighted by Crippen LogP contribution is -2.29. The lowest BCUT2D eigenvalue weighted by atomic mass is 9.68. The van der Waals surface area contributed by atoms with Crippen molar-refractivity contribution in [3.63, 3.8) is 0 Å². The Morgan fingerprint density at radius 3 is 1.83 bits per heavy atom. The molecule has 0 spiro atoms. The SMILES string of the molecule is CCCC1CCC(C2CCC(C(C)O)CC2)CC1. The minimum atomic E-state index is -0.0776. The summed E-state index contributed by atoms with van der Waals surface area (Å²) in [6, 6.07) is 0. The highest BCUT2D eigenvalue weighted by Crippen LogP contribution is 2.42. The van der Waals surface area contributed by atoms with Crippen LogP contribution in [0.25, 0.3) is 0 Å². The fourth-order valence-electron chi connectivity index (χ4n) is 4.46. The van der Waals surface area contributed by atoms with E-state index < -0.39 is 0 Å². The van der Waals surface area contributed by atoms with Gasteiger partial charge in [0.25, 0.3) is 0 Å². The Morgan fingerprint density at radius 2 is 1.39 bits per heavy atom. The van der Waals surface area contributed by atoms with Crippen molar-refractivity contribution in [3.05, 3.63) is 0 Å². The summed E-state index contributed by atoms with van der Waals surface area (Å²) in [6.07, 6.45) is 14.1. The van der Waals surface area contributed by atoms with Crippen LogP contribution in [0.3, 0.4) is 0 Å². The van der Waals surface area contributed by atoms with Gasteiger partial charge in [0.05, 0.1) is 6.10 Å². The van der Waals surface area contributed by atoms with Crippen LogP contribution in [-0.2, 0) is 0 Å². The van der Waals surface area contributed by atoms with E-state index in [1.54, 1.807) is 0 Å². The molecule has 2 fully saturated rings. The molecule has 0 saturated heterocycles. The number of hydrogen-bond acceptors (Lipinski definition) is 1. The van der Waals surface area contributed by atoms with Crippen LogP contribution in [0.1, 0.15) is 78.1 Å². The summed E-state index contributed by atoms with van der Waals surface area (Å²) in [7, 11) is 0. The lowest BCUT2D eigenvalue weighted by Gasteiger charge is -2.38. The van der Waals surface area contributed by atoms with Gasteiger partial charge < -0.3 is 5.11 Å². The second kappa shape index (κ2) is 6.93. The molecule has 2 rings (SSSR count). The third kappa shape index (κ3) is 3.73. The first kappa shape index (κ1) is 14.4. The molecule has 0 amide bonds. The number of rotatable bonds is 4. The van der Waals surface area contributed by atoms with Crippen LogP contribution in [-0.4, -0.2) is 11.2 Å². The zero-order chi connectivity index (χ0) is 13.0. The molecule has 0 aromatic carbocycles. The van der Waals surface area contributed by atoms with E-state index in [9.17, 15) is 5.11 Å². The van der Waals surface area contributed by atoms with Gasteiger partial charge in [-0.15, -0.1) is 0 Å². The van der Waals surface area contributed by atoms with Crippen LogP contribution in [0.2, 0.25) is 0 Å². The van der Waals surface area contributed by atoms with Crippen molar-refractivity contribution in [2.45, 2.75) is 84.2 Å². The molecule has 0 radical (unpaired) electrons. The van der Waals surface area contributed by atoms with Gasteiger partial charge in [-0.1, -0.05) is 32.6 Å². The largest absolute Gasteiger partial charge is 0.393 e. The summed E-state index contributed by atoms with van der Waals surface area (Å²) in [4.78, 5) is 0. The number of aliphatic hydroxyl groups excluding tert-OH is 1. The molecule has 18 heavy (non-hydrogen) atoms. The Labute approximate surface area is 113 Å². The third-order valence-corrected chi connectivity index (χ3v) is 5.75. The van der Waals surface area contributed by atoms with Gasteiger partial charge in [-0.05, 0) is 69.1 Å². The van der Waals surface area contributed by atoms with Gasteiger partial charge in [-0.25, -0.2) is 0 Å². The fraction of sp³-hybridized carbons (Fsp3) is 1.00. The molecule has 1 nitrogen and oxygen atoms in total. The van der Waals surface area contributed by atoms with E-state index in [1.807, 2.05) is 6.92 Å². The first-order valence-corrected chi connectivity index (χ1v) is 8.38. The Bertz CT molecular complexity index is 220. The molecule has 0 aromatic rings. The van der Waals surface area contributed by atoms with Crippen LogP contribution >= 0.6 is 0 Å². The summed E-state index contributed by atoms with van der Waals surface area (Å²) in [5.74, 6) is 3.65. The van der Waals surface area contributed by atoms with E-state index in [0.29, 0.717) is 5.92 Å². The van der Waals surface area contributed by atoms with E-state index in [1.165, 1.54) is 64.2 Å². The van der Waals surface area contributed by atoms with Gasteiger partial charge in [-0.3, -0.25) is 0 Å². The van der Waals surface area contributed by atoms with E-state index in [-0.39, 0.29) is 6.10 Å². The van der Waals surface area contributed by atoms with Gasteiger partial charge in [-0.2, -0.15) is 0 Å². The quantitative estimate of drug-likeness (QED) is 0.763. The highest BCUT2D eigenvalue weighted by molar-refractivity contribution is 4.83. The van der Waals surface area contributed by atoms with Crippen molar-refractivity contribution in [3.8, 4) is 0 Å². The molecular weight excluding hydrogens is 220 g/mol. The number of aliphatic hydroxyl groups is 1. The molecule has 0 aromatic heterocycles. The smallest absolute Gasteiger partial charge is 0.0540 e. The predicted octanol–water partition coefficient (Wildman–Crippen LogP) is 4.78. The summed E-state index contributed by atoms with van der Waals surface area (Å²) < 4.78 is 0. The predicted molar refractivity (Wildman–Crippen MR) is 77.5 cm³/mol. The van der Waals surface area contributed by atoms with Crippen LogP contribution in [0.4, 0.5) is 0 Å². The first-order valence-electron chi connectivity index (χ1n) is 8.38. The Morgan fingerprint density at radius 1 is 0.889 bits per heavy atom. The van der Waals surface area contributed by atoms with Gasteiger partial charge in [0.15, 0.2) is 0 Å². The van der Waals surface area contributed by atoms with E-state index >= 15 is 0 Å². The molecule has 1 heteroatoms. The van der Waals surface area contributed by atoms with Crippen LogP contribution in [0.15, 0.2) is 0 Å². The molecule has 0 heterocycles. The molecule has 1 N–H and O–H groups in total. The van der Waals surface area contributed by atoms with Crippen LogP contribution in [0, 0.1) is 23.7 Å². The fourth-order valence-corrected chi connectivity index (χ4v) is 4.46. The average molecular weight is 252 g/mol. The zero-order valence-corrected chi connectivity index (χ0v) is 12.4. The van der Waals surface area contributed by atoms with Crippen LogP contribution < -0.4 is 0 Å². The maximum atomic E-state index is 9.67. The van der Waals surface area contributed by atoms with Crippen molar-refractivity contribution >= 4 is 0 Å². The van der Waals surface area contributed by atoms with Crippen molar-refractivity contribution < 1.29 is 5.11 Å². The van der Waals surface area contributed by atoms with E-state index in [0.717, 1.165) is 17.8 Å². The van der Waals surface area contributed by atoms with Crippen molar-refractivity contribution in [2.24, 2.45) is 23.7 Å². The van der Waals surface area contributed by atoms with Crippen LogP contribution in [0.5, 0.6) is 0 Å². The topological polar surface area (TPSA) is 20.2 Å². The number of hydrogen-bond donors (Lipinski definition) is 1. The van der Waals surface area contributed by atoms with Crippen molar-refractivity contribution in [1.29, 1.82) is 0 Å². The maximum absolute atomic E-state index is 9.67. The highest BCUT2D eigenvalue weighted by atomic mass is 16.3.